The Morgan fingerprint density at radius 3 is 2.61 bits per heavy atom. The van der Waals surface area contributed by atoms with Gasteiger partial charge in [0.2, 0.25) is 5.95 Å². The van der Waals surface area contributed by atoms with Gasteiger partial charge in [0.05, 0.1) is 19.1 Å². The summed E-state index contributed by atoms with van der Waals surface area (Å²) in [4.78, 5) is 20.8. The number of rotatable bonds is 10. The van der Waals surface area contributed by atoms with E-state index < -0.39 is 49.9 Å². The Hall–Kier alpha value is -3.01. The normalized spacial score (nSPS) is 26.5. The number of aliphatic hydroxyl groups excluding tert-OH is 1. The molecule has 0 radical (unpaired) electrons. The third kappa shape index (κ3) is 5.59. The molecule has 15 nitrogen and oxygen atoms in total. The Kier molecular flexibility index (Phi) is 7.68. The molecule has 3 heterocycles. The Labute approximate surface area is 239 Å². The second-order valence-corrected chi connectivity index (χ2v) is 12.3. The number of esters is 1. The van der Waals surface area contributed by atoms with Crippen molar-refractivity contribution in [2.75, 3.05) is 31.5 Å². The molecule has 1 aliphatic carbocycles. The maximum absolute atomic E-state index is 13.9. The molecule has 222 valence electrons. The van der Waals surface area contributed by atoms with Crippen LogP contribution >= 0.6 is 19.3 Å². The minimum atomic E-state index is -4.28. The van der Waals surface area contributed by atoms with Gasteiger partial charge in [-0.2, -0.15) is 15.1 Å². The van der Waals surface area contributed by atoms with Crippen LogP contribution in [0.1, 0.15) is 26.0 Å². The number of hydrogen-bond acceptors (Lipinski definition) is 13. The number of hydrogen-bond donors (Lipinski definition) is 5. The number of nitrogens with one attached hydrogen (secondary N) is 1. The molecule has 1 aromatic carbocycles. The fourth-order valence-corrected chi connectivity index (χ4v) is 6.57. The third-order valence-corrected chi connectivity index (χ3v) is 8.93. The van der Waals surface area contributed by atoms with E-state index in [4.69, 9.17) is 41.7 Å². The molecule has 0 amide bonds. The molecular formula is C24H31ClN7O8P. The first-order valence-corrected chi connectivity index (χ1v) is 14.5. The zero-order chi connectivity index (χ0) is 29.7. The number of benzene rings is 1. The van der Waals surface area contributed by atoms with Crippen LogP contribution in [0.3, 0.4) is 0 Å². The summed E-state index contributed by atoms with van der Waals surface area (Å²) in [6.07, 6.45) is -1.56. The number of anilines is 2. The van der Waals surface area contributed by atoms with E-state index in [9.17, 15) is 19.6 Å². The van der Waals surface area contributed by atoms with Crippen LogP contribution in [0.25, 0.3) is 11.0 Å². The van der Waals surface area contributed by atoms with Crippen molar-refractivity contribution in [1.29, 1.82) is 0 Å². The van der Waals surface area contributed by atoms with Crippen molar-refractivity contribution in [3.8, 4) is 5.75 Å². The molecule has 5 atom stereocenters. The van der Waals surface area contributed by atoms with Crippen LogP contribution in [0.4, 0.5) is 11.8 Å². The number of fused-ring (bicyclic) bond motifs is 1. The van der Waals surface area contributed by atoms with Crippen molar-refractivity contribution in [2.24, 2.45) is 5.84 Å². The molecular weight excluding hydrogens is 581 g/mol. The Balaban J connectivity index is 1.40. The van der Waals surface area contributed by atoms with E-state index in [1.807, 2.05) is 0 Å². The lowest BCUT2D eigenvalue weighted by Crippen LogP contribution is -2.44. The van der Waals surface area contributed by atoms with Gasteiger partial charge in [-0.1, -0.05) is 11.6 Å². The van der Waals surface area contributed by atoms with Gasteiger partial charge in [-0.15, -0.1) is 0 Å². The number of aliphatic hydroxyl groups is 2. The number of nitrogens with two attached hydrogens (primary N) is 2. The lowest BCUT2D eigenvalue weighted by molar-refractivity contribution is -0.144. The van der Waals surface area contributed by atoms with Crippen molar-refractivity contribution < 1.29 is 38.1 Å². The fraction of sp³-hybridized carbons (Fsp3) is 0.458. The quantitative estimate of drug-likeness (QED) is 0.0952. The maximum Gasteiger partial charge on any atom is 0.459 e. The molecule has 2 unspecified atom stereocenters. The van der Waals surface area contributed by atoms with Gasteiger partial charge in [0.1, 0.15) is 34.7 Å². The van der Waals surface area contributed by atoms with E-state index >= 15 is 0 Å². The predicted octanol–water partition coefficient (Wildman–Crippen LogP) is 1.49. The van der Waals surface area contributed by atoms with Gasteiger partial charge in [0.15, 0.2) is 12.0 Å². The van der Waals surface area contributed by atoms with Crippen LogP contribution in [0.15, 0.2) is 36.5 Å². The summed E-state index contributed by atoms with van der Waals surface area (Å²) in [6, 6.07) is 7.70. The number of nitrogen functional groups attached to an aromatic ring is 1. The van der Waals surface area contributed by atoms with Gasteiger partial charge < -0.3 is 34.5 Å². The number of carbonyl (C=O) groups excluding carboxylic acids is 1. The van der Waals surface area contributed by atoms with Gasteiger partial charge >= 0.3 is 13.7 Å². The first kappa shape index (κ1) is 29.5. The molecule has 0 spiro atoms. The van der Waals surface area contributed by atoms with Gasteiger partial charge in [-0.3, -0.25) is 14.3 Å². The summed E-state index contributed by atoms with van der Waals surface area (Å²) in [7, 11) is -1.47. The van der Waals surface area contributed by atoms with Crippen LogP contribution in [0.2, 0.25) is 5.02 Å². The minimum Gasteiger partial charge on any atom is -0.468 e. The zero-order valence-electron chi connectivity index (χ0n) is 22.4. The van der Waals surface area contributed by atoms with Gasteiger partial charge in [0, 0.05) is 18.3 Å². The number of ether oxygens (including phenoxy) is 2. The van der Waals surface area contributed by atoms with Crippen molar-refractivity contribution in [3.63, 3.8) is 0 Å². The summed E-state index contributed by atoms with van der Waals surface area (Å²) in [5.41, 5.74) is 3.08. The molecule has 1 saturated carbocycles. The van der Waals surface area contributed by atoms with E-state index in [0.29, 0.717) is 34.7 Å². The van der Waals surface area contributed by atoms with Crippen molar-refractivity contribution in [1.82, 2.24) is 19.6 Å². The van der Waals surface area contributed by atoms with Crippen LogP contribution in [-0.4, -0.2) is 74.8 Å². The summed E-state index contributed by atoms with van der Waals surface area (Å²) in [5.74, 6) is 5.70. The van der Waals surface area contributed by atoms with E-state index in [0.717, 1.165) is 0 Å². The Morgan fingerprint density at radius 1 is 1.32 bits per heavy atom. The van der Waals surface area contributed by atoms with Crippen LogP contribution < -0.4 is 26.2 Å². The number of methoxy groups -OCH3 is 1. The third-order valence-electron chi connectivity index (χ3n) is 7.04. The molecule has 1 saturated heterocycles. The van der Waals surface area contributed by atoms with E-state index in [-0.39, 0.29) is 11.7 Å². The predicted molar refractivity (Wildman–Crippen MR) is 148 cm³/mol. The molecule has 41 heavy (non-hydrogen) atoms. The topological polar surface area (TPSA) is 210 Å². The first-order valence-electron chi connectivity index (χ1n) is 12.5. The van der Waals surface area contributed by atoms with Crippen LogP contribution in [0, 0.1) is 0 Å². The van der Waals surface area contributed by atoms with E-state index in [1.165, 1.54) is 47.9 Å². The average Bonchev–Trinajstić information content (AvgIpc) is 3.52. The summed E-state index contributed by atoms with van der Waals surface area (Å²) in [6.45, 7) is 0.892. The molecule has 2 aliphatic rings. The summed E-state index contributed by atoms with van der Waals surface area (Å²) < 4.78 is 37.7. The molecule has 2 aromatic heterocycles. The number of nitrogens with zero attached hydrogens (tertiary/aromatic N) is 4. The van der Waals surface area contributed by atoms with E-state index in [1.54, 1.807) is 19.3 Å². The Morgan fingerprint density at radius 2 is 2.00 bits per heavy atom. The number of carbonyl (C=O) groups is 1. The molecule has 5 rings (SSSR count). The second kappa shape index (κ2) is 10.7. The largest absolute Gasteiger partial charge is 0.468 e. The summed E-state index contributed by atoms with van der Waals surface area (Å²) in [5, 5.41) is 27.3. The highest BCUT2D eigenvalue weighted by atomic mass is 35.5. The smallest absolute Gasteiger partial charge is 0.459 e. The molecule has 17 heteroatoms. The molecule has 3 aromatic rings. The van der Waals surface area contributed by atoms with Gasteiger partial charge in [0.25, 0.3) is 0 Å². The number of halogens is 1. The number of hydrazine groups is 1. The van der Waals surface area contributed by atoms with Crippen LogP contribution in [0.5, 0.6) is 5.75 Å². The highest BCUT2D eigenvalue weighted by Gasteiger charge is 2.58. The van der Waals surface area contributed by atoms with Crippen LogP contribution in [-0.2, 0) is 23.4 Å². The molecule has 1 aliphatic heterocycles. The standard InChI is InChI=1S/C24H31ClN7O8P/c1-23(35)17(33)16(39-20(23)32-11-8-15-18(31(2)27)28-22(26)29-19(15)32)12-38-41(36,30-24(9-10-24)21(34)37-3)40-14-6-4-13(25)5-7-14/h4-8,11,16-17,20,33,35H,9-10,12,27H2,1-3H3,(H,30,36)(H2,26,28,29)/t16?,17-,20?,23-,41+/m1/s1. The maximum atomic E-state index is 13.9. The first-order chi connectivity index (χ1) is 19.3. The SMILES string of the molecule is COC(=O)C1(N[P@](=O)(OCC2OC(n3ccc4c(N(C)N)nc(N)nc43)[C@](C)(O)[C@@H]2O)Oc2ccc(Cl)cc2)CC1. The average molecular weight is 612 g/mol. The summed E-state index contributed by atoms with van der Waals surface area (Å²) >= 11 is 5.95. The Bertz CT molecular complexity index is 1500. The van der Waals surface area contributed by atoms with Crippen molar-refractivity contribution in [3.05, 3.63) is 41.6 Å². The second-order valence-electron chi connectivity index (χ2n) is 10.2. The lowest BCUT2D eigenvalue weighted by atomic mass is 9.96. The highest BCUT2D eigenvalue weighted by molar-refractivity contribution is 7.52. The monoisotopic (exact) mass is 611 g/mol. The molecule has 0 bridgehead atoms. The fourth-order valence-electron chi connectivity index (χ4n) is 4.70. The van der Waals surface area contributed by atoms with E-state index in [2.05, 4.69) is 15.1 Å². The van der Waals surface area contributed by atoms with Gasteiger partial charge in [-0.05, 0) is 50.1 Å². The zero-order valence-corrected chi connectivity index (χ0v) is 24.1. The minimum absolute atomic E-state index is 0.0613. The molecule has 7 N–H and O–H groups in total. The van der Waals surface area contributed by atoms with Gasteiger partial charge in [-0.25, -0.2) is 10.4 Å². The lowest BCUT2D eigenvalue weighted by Gasteiger charge is -2.28. The van der Waals surface area contributed by atoms with Crippen molar-refractivity contribution in [2.45, 2.75) is 49.3 Å². The number of aromatic nitrogens is 3. The molecule has 2 fully saturated rings. The van der Waals surface area contributed by atoms with Crippen molar-refractivity contribution >= 4 is 48.1 Å². The highest BCUT2D eigenvalue weighted by Crippen LogP contribution is 2.53.